The van der Waals surface area contributed by atoms with Gasteiger partial charge in [0.15, 0.2) is 0 Å². The molecule has 4 nitrogen and oxygen atoms in total. The second-order valence-electron chi connectivity index (χ2n) is 4.84. The predicted molar refractivity (Wildman–Crippen MR) is 66.8 cm³/mol. The summed E-state index contributed by atoms with van der Waals surface area (Å²) in [5.74, 6) is -0.213. The zero-order valence-electron chi connectivity index (χ0n) is 11.0. The molecule has 0 spiro atoms. The Morgan fingerprint density at radius 2 is 2.06 bits per heavy atom. The number of carbonyl (C=O) groups is 1. The number of hydrogen-bond acceptors (Lipinski definition) is 4. The summed E-state index contributed by atoms with van der Waals surface area (Å²) in [4.78, 5) is 13.6. The molecule has 1 saturated heterocycles. The Kier molecular flexibility index (Phi) is 6.52. The van der Waals surface area contributed by atoms with Gasteiger partial charge in [0.2, 0.25) is 0 Å². The Morgan fingerprint density at radius 3 is 2.71 bits per heavy atom. The molecule has 0 saturated carbocycles. The summed E-state index contributed by atoms with van der Waals surface area (Å²) in [6.45, 7) is 3.69. The number of esters is 1. The Bertz CT molecular complexity index is 233. The van der Waals surface area contributed by atoms with Crippen LogP contribution in [0.5, 0.6) is 0 Å². The maximum absolute atomic E-state index is 11.5. The van der Waals surface area contributed by atoms with Crippen molar-refractivity contribution in [2.24, 2.45) is 0 Å². The second-order valence-corrected chi connectivity index (χ2v) is 4.84. The molecule has 1 N–H and O–H groups in total. The van der Waals surface area contributed by atoms with E-state index in [1.165, 1.54) is 32.8 Å². The molecule has 0 radical (unpaired) electrons. The summed E-state index contributed by atoms with van der Waals surface area (Å²) in [6.07, 6.45) is 6.22. The predicted octanol–water partition coefficient (Wildman–Crippen LogP) is 1.56. The number of β-amino-alcohol motifs (C(OH)–C–C–N with tert-alkyl or cyclic N) is 1. The van der Waals surface area contributed by atoms with Gasteiger partial charge in [0.05, 0.1) is 13.2 Å². The van der Waals surface area contributed by atoms with E-state index < -0.39 is 0 Å². The van der Waals surface area contributed by atoms with Crippen molar-refractivity contribution in [3.63, 3.8) is 0 Å². The van der Waals surface area contributed by atoms with E-state index in [2.05, 4.69) is 11.8 Å². The highest BCUT2D eigenvalue weighted by Crippen LogP contribution is 2.19. The van der Waals surface area contributed by atoms with Crippen molar-refractivity contribution in [1.29, 1.82) is 0 Å². The van der Waals surface area contributed by atoms with Gasteiger partial charge >= 0.3 is 5.97 Å². The molecule has 17 heavy (non-hydrogen) atoms. The Balaban J connectivity index is 2.27. The molecule has 4 heteroatoms. The van der Waals surface area contributed by atoms with E-state index in [1.54, 1.807) is 0 Å². The fourth-order valence-corrected chi connectivity index (χ4v) is 2.43. The number of aliphatic hydroxyl groups is 1. The first kappa shape index (κ1) is 14.5. The van der Waals surface area contributed by atoms with Gasteiger partial charge in [-0.1, -0.05) is 32.6 Å². The molecule has 1 fully saturated rings. The van der Waals surface area contributed by atoms with Crippen LogP contribution in [-0.2, 0) is 9.53 Å². The minimum Gasteiger partial charge on any atom is -0.468 e. The first-order valence-corrected chi connectivity index (χ1v) is 6.69. The maximum atomic E-state index is 11.5. The highest BCUT2D eigenvalue weighted by atomic mass is 16.5. The Labute approximate surface area is 104 Å². The largest absolute Gasteiger partial charge is 0.468 e. The number of ether oxygens (including phenoxy) is 1. The third-order valence-electron chi connectivity index (χ3n) is 3.40. The van der Waals surface area contributed by atoms with Crippen molar-refractivity contribution in [3.8, 4) is 0 Å². The molecule has 100 valence electrons. The second kappa shape index (κ2) is 7.67. The normalized spacial score (nSPS) is 25.1. The van der Waals surface area contributed by atoms with E-state index in [0.29, 0.717) is 13.0 Å². The molecule has 1 heterocycles. The number of hydrogen-bond donors (Lipinski definition) is 1. The molecule has 1 aliphatic rings. The molecule has 0 aromatic carbocycles. The zero-order chi connectivity index (χ0) is 12.7. The molecule has 0 aromatic rings. The number of likely N-dealkylation sites (tertiary alicyclic amines) is 1. The number of nitrogens with zero attached hydrogens (tertiary/aromatic N) is 1. The third-order valence-corrected chi connectivity index (χ3v) is 3.40. The van der Waals surface area contributed by atoms with E-state index in [1.807, 2.05) is 0 Å². The van der Waals surface area contributed by atoms with Gasteiger partial charge in [-0.3, -0.25) is 9.69 Å². The van der Waals surface area contributed by atoms with Crippen molar-refractivity contribution in [1.82, 2.24) is 4.90 Å². The van der Waals surface area contributed by atoms with Gasteiger partial charge in [-0.25, -0.2) is 0 Å². The molecule has 0 aliphatic carbocycles. The molecule has 0 aromatic heterocycles. The van der Waals surface area contributed by atoms with Crippen LogP contribution in [-0.4, -0.2) is 48.3 Å². The fourth-order valence-electron chi connectivity index (χ4n) is 2.43. The summed E-state index contributed by atoms with van der Waals surface area (Å²) in [5, 5.41) is 9.61. The van der Waals surface area contributed by atoms with Crippen LogP contribution >= 0.6 is 0 Å². The van der Waals surface area contributed by atoms with Crippen LogP contribution in [0.2, 0.25) is 0 Å². The summed E-state index contributed by atoms with van der Waals surface area (Å²) in [5.41, 5.74) is 0. The van der Waals surface area contributed by atoms with Crippen LogP contribution in [0.4, 0.5) is 0 Å². The van der Waals surface area contributed by atoms with Crippen LogP contribution in [0, 0.1) is 0 Å². The Morgan fingerprint density at radius 1 is 1.35 bits per heavy atom. The first-order chi connectivity index (χ1) is 8.19. The van der Waals surface area contributed by atoms with Gasteiger partial charge in [-0.2, -0.15) is 0 Å². The van der Waals surface area contributed by atoms with Gasteiger partial charge in [-0.15, -0.1) is 0 Å². The van der Waals surface area contributed by atoms with E-state index in [4.69, 9.17) is 4.74 Å². The smallest absolute Gasteiger partial charge is 0.323 e. The highest BCUT2D eigenvalue weighted by molar-refractivity contribution is 5.76. The van der Waals surface area contributed by atoms with Crippen LogP contribution in [0.3, 0.4) is 0 Å². The van der Waals surface area contributed by atoms with Crippen LogP contribution in [0.1, 0.15) is 45.4 Å². The quantitative estimate of drug-likeness (QED) is 0.544. The molecule has 0 amide bonds. The van der Waals surface area contributed by atoms with Crippen LogP contribution in [0.15, 0.2) is 0 Å². The maximum Gasteiger partial charge on any atom is 0.323 e. The fraction of sp³-hybridized carbons (Fsp3) is 0.923. The molecule has 0 bridgehead atoms. The van der Waals surface area contributed by atoms with Crippen molar-refractivity contribution in [3.05, 3.63) is 0 Å². The third kappa shape index (κ3) is 4.64. The van der Waals surface area contributed by atoms with Crippen LogP contribution < -0.4 is 0 Å². The van der Waals surface area contributed by atoms with Gasteiger partial charge in [0.25, 0.3) is 0 Å². The molecule has 0 unspecified atom stereocenters. The van der Waals surface area contributed by atoms with Crippen molar-refractivity contribution < 1.29 is 14.6 Å². The monoisotopic (exact) mass is 243 g/mol. The van der Waals surface area contributed by atoms with Crippen molar-refractivity contribution in [2.45, 2.75) is 57.6 Å². The summed E-state index contributed by atoms with van der Waals surface area (Å²) in [7, 11) is 1.41. The zero-order valence-corrected chi connectivity index (χ0v) is 11.0. The molecular weight excluding hydrogens is 218 g/mol. The minimum atomic E-state index is -0.380. The average Bonchev–Trinajstić information content (AvgIpc) is 2.69. The Hall–Kier alpha value is -0.610. The van der Waals surface area contributed by atoms with E-state index in [-0.39, 0.29) is 18.1 Å². The van der Waals surface area contributed by atoms with Crippen LogP contribution in [0.25, 0.3) is 0 Å². The minimum absolute atomic E-state index is 0.213. The van der Waals surface area contributed by atoms with E-state index >= 15 is 0 Å². The standard InChI is InChI=1S/C13H25NO3/c1-3-4-5-6-7-8-14-10-11(15)9-12(14)13(16)17-2/h11-12,15H,3-10H2,1-2H3/t11-,12+/m1/s1. The van der Waals surface area contributed by atoms with E-state index in [9.17, 15) is 9.90 Å². The lowest BCUT2D eigenvalue weighted by Crippen LogP contribution is -2.37. The SMILES string of the molecule is CCCCCCCN1C[C@H](O)C[C@H]1C(=O)OC. The van der Waals surface area contributed by atoms with Crippen molar-refractivity contribution >= 4 is 5.97 Å². The van der Waals surface area contributed by atoms with Gasteiger partial charge in [-0.05, 0) is 13.0 Å². The number of rotatable bonds is 7. The van der Waals surface area contributed by atoms with Gasteiger partial charge < -0.3 is 9.84 Å². The lowest BCUT2D eigenvalue weighted by molar-refractivity contribution is -0.145. The topological polar surface area (TPSA) is 49.8 Å². The number of unbranched alkanes of at least 4 members (excludes halogenated alkanes) is 4. The van der Waals surface area contributed by atoms with E-state index in [0.717, 1.165) is 13.0 Å². The highest BCUT2D eigenvalue weighted by Gasteiger charge is 2.36. The first-order valence-electron chi connectivity index (χ1n) is 6.69. The molecular formula is C13H25NO3. The summed E-state index contributed by atoms with van der Waals surface area (Å²) >= 11 is 0. The number of aliphatic hydroxyl groups excluding tert-OH is 1. The van der Waals surface area contributed by atoms with Gasteiger partial charge in [0.1, 0.15) is 6.04 Å². The summed E-state index contributed by atoms with van der Waals surface area (Å²) in [6, 6.07) is -0.235. The number of methoxy groups -OCH3 is 1. The molecule has 2 atom stereocenters. The number of carbonyl (C=O) groups excluding carboxylic acids is 1. The van der Waals surface area contributed by atoms with Crippen molar-refractivity contribution in [2.75, 3.05) is 20.2 Å². The summed E-state index contributed by atoms with van der Waals surface area (Å²) < 4.78 is 4.77. The molecule has 1 rings (SSSR count). The molecule has 1 aliphatic heterocycles. The lowest BCUT2D eigenvalue weighted by atomic mass is 10.1. The van der Waals surface area contributed by atoms with Gasteiger partial charge in [0, 0.05) is 13.0 Å². The average molecular weight is 243 g/mol. The lowest BCUT2D eigenvalue weighted by Gasteiger charge is -2.21.